The van der Waals surface area contributed by atoms with Crippen LogP contribution in [0.25, 0.3) is 10.9 Å². The highest BCUT2D eigenvalue weighted by Crippen LogP contribution is 2.12. The van der Waals surface area contributed by atoms with Gasteiger partial charge in [-0.1, -0.05) is 54.6 Å². The number of hydrogen-bond donors (Lipinski definition) is 3. The van der Waals surface area contributed by atoms with Gasteiger partial charge >= 0.3 is 0 Å². The third-order valence-electron chi connectivity index (χ3n) is 4.98. The second-order valence-electron chi connectivity index (χ2n) is 7.61. The number of rotatable bonds is 10. The van der Waals surface area contributed by atoms with Gasteiger partial charge in [-0.2, -0.15) is 0 Å². The fourth-order valence-corrected chi connectivity index (χ4v) is 3.47. The minimum atomic E-state index is -0.811. The standard InChI is InChI=1S/C24H28N4O3/c1-17(29)27-28(2)16-24(31)22(14-18-8-4-3-5-9-18)25-15-23(30)21-13-12-19-10-6-7-11-20(19)26-21/h3-13,22,24-25,31H,14-16H2,1-2H3,(H,27,29). The van der Waals surface area contributed by atoms with Gasteiger partial charge in [0.25, 0.3) is 0 Å². The number of benzene rings is 2. The summed E-state index contributed by atoms with van der Waals surface area (Å²) in [7, 11) is 1.69. The fourth-order valence-electron chi connectivity index (χ4n) is 3.47. The van der Waals surface area contributed by atoms with Crippen LogP contribution in [0.15, 0.2) is 66.7 Å². The maximum absolute atomic E-state index is 12.8. The second kappa shape index (κ2) is 10.8. The van der Waals surface area contributed by atoms with Crippen molar-refractivity contribution in [1.82, 2.24) is 20.7 Å². The Kier molecular flexibility index (Phi) is 7.83. The summed E-state index contributed by atoms with van der Waals surface area (Å²) in [6.45, 7) is 1.67. The summed E-state index contributed by atoms with van der Waals surface area (Å²) < 4.78 is 0. The van der Waals surface area contributed by atoms with E-state index in [0.29, 0.717) is 12.1 Å². The minimum Gasteiger partial charge on any atom is -0.390 e. The summed E-state index contributed by atoms with van der Waals surface area (Å²) in [5.41, 5.74) is 4.82. The number of hydrazine groups is 1. The molecule has 7 nitrogen and oxygen atoms in total. The first-order valence-corrected chi connectivity index (χ1v) is 10.2. The molecule has 0 bridgehead atoms. The van der Waals surface area contributed by atoms with Crippen molar-refractivity contribution < 1.29 is 14.7 Å². The number of carbonyl (C=O) groups excluding carboxylic acids is 2. The van der Waals surface area contributed by atoms with Crippen LogP contribution in [0.1, 0.15) is 23.0 Å². The van der Waals surface area contributed by atoms with Crippen LogP contribution in [0, 0.1) is 0 Å². The molecule has 1 aromatic heterocycles. The number of ketones is 1. The third kappa shape index (κ3) is 6.68. The lowest BCUT2D eigenvalue weighted by Crippen LogP contribution is -2.51. The van der Waals surface area contributed by atoms with Crippen molar-refractivity contribution >= 4 is 22.6 Å². The molecule has 2 unspecified atom stereocenters. The second-order valence-corrected chi connectivity index (χ2v) is 7.61. The van der Waals surface area contributed by atoms with E-state index < -0.39 is 6.10 Å². The number of carbonyl (C=O) groups is 2. The Labute approximate surface area is 182 Å². The van der Waals surface area contributed by atoms with Crippen LogP contribution >= 0.6 is 0 Å². The van der Waals surface area contributed by atoms with Gasteiger partial charge < -0.3 is 10.4 Å². The highest BCUT2D eigenvalue weighted by molar-refractivity contribution is 5.97. The number of Topliss-reactive ketones (excluding diaryl/α,β-unsaturated/α-hetero) is 1. The highest BCUT2D eigenvalue weighted by Gasteiger charge is 2.22. The zero-order chi connectivity index (χ0) is 22.2. The molecule has 2 aromatic carbocycles. The molecule has 3 aromatic rings. The molecule has 7 heteroatoms. The number of nitrogens with one attached hydrogen (secondary N) is 2. The predicted molar refractivity (Wildman–Crippen MR) is 120 cm³/mol. The minimum absolute atomic E-state index is 0.0454. The molecule has 3 N–H and O–H groups in total. The molecule has 0 spiro atoms. The van der Waals surface area contributed by atoms with Gasteiger partial charge in [0.05, 0.1) is 18.2 Å². The number of aromatic nitrogens is 1. The maximum Gasteiger partial charge on any atom is 0.231 e. The average Bonchev–Trinajstić information content (AvgIpc) is 2.76. The van der Waals surface area contributed by atoms with Crippen LogP contribution in [0.4, 0.5) is 0 Å². The number of likely N-dealkylation sites (N-methyl/N-ethyl adjacent to an activating group) is 1. The molecule has 3 rings (SSSR count). The molecule has 0 fully saturated rings. The smallest absolute Gasteiger partial charge is 0.231 e. The summed E-state index contributed by atoms with van der Waals surface area (Å²) >= 11 is 0. The van der Waals surface area contributed by atoms with Gasteiger partial charge in [0.1, 0.15) is 5.69 Å². The van der Waals surface area contributed by atoms with Crippen molar-refractivity contribution in [2.75, 3.05) is 20.1 Å². The zero-order valence-corrected chi connectivity index (χ0v) is 17.8. The number of para-hydroxylation sites is 1. The first-order valence-electron chi connectivity index (χ1n) is 10.2. The van der Waals surface area contributed by atoms with Gasteiger partial charge in [-0.15, -0.1) is 0 Å². The average molecular weight is 421 g/mol. The Hall–Kier alpha value is -3.13. The fraction of sp³-hybridized carbons (Fsp3) is 0.292. The van der Waals surface area contributed by atoms with Crippen molar-refractivity contribution in [3.8, 4) is 0 Å². The molecule has 31 heavy (non-hydrogen) atoms. The van der Waals surface area contributed by atoms with E-state index in [-0.39, 0.29) is 30.8 Å². The van der Waals surface area contributed by atoms with Crippen molar-refractivity contribution in [2.45, 2.75) is 25.5 Å². The lowest BCUT2D eigenvalue weighted by Gasteiger charge is -2.28. The summed E-state index contributed by atoms with van der Waals surface area (Å²) in [6, 6.07) is 20.6. The molecular weight excluding hydrogens is 392 g/mol. The SMILES string of the molecule is CC(=O)NN(C)CC(O)C(Cc1ccccc1)NCC(=O)c1ccc2ccccc2n1. The number of nitrogens with zero attached hydrogens (tertiary/aromatic N) is 2. The molecule has 0 aliphatic carbocycles. The first-order chi connectivity index (χ1) is 14.9. The van der Waals surface area contributed by atoms with Crippen LogP contribution in [0.2, 0.25) is 0 Å². The number of pyridine rings is 1. The molecule has 0 saturated carbocycles. The van der Waals surface area contributed by atoms with Gasteiger partial charge in [-0.05, 0) is 24.1 Å². The van der Waals surface area contributed by atoms with Crippen molar-refractivity contribution in [3.63, 3.8) is 0 Å². The van der Waals surface area contributed by atoms with Crippen molar-refractivity contribution in [3.05, 3.63) is 78.0 Å². The number of aliphatic hydroxyl groups excluding tert-OH is 1. The van der Waals surface area contributed by atoms with Gasteiger partial charge in [-0.3, -0.25) is 15.0 Å². The summed E-state index contributed by atoms with van der Waals surface area (Å²) in [6.07, 6.45) is -0.275. The van der Waals surface area contributed by atoms with Crippen LogP contribution in [-0.2, 0) is 11.2 Å². The number of amides is 1. The van der Waals surface area contributed by atoms with Crippen LogP contribution in [-0.4, -0.2) is 59.1 Å². The molecule has 162 valence electrons. The van der Waals surface area contributed by atoms with Crippen LogP contribution in [0.5, 0.6) is 0 Å². The maximum atomic E-state index is 12.8. The van der Waals surface area contributed by atoms with E-state index in [0.717, 1.165) is 16.5 Å². The van der Waals surface area contributed by atoms with E-state index in [9.17, 15) is 14.7 Å². The quantitative estimate of drug-likeness (QED) is 0.343. The Morgan fingerprint density at radius 3 is 2.48 bits per heavy atom. The van der Waals surface area contributed by atoms with Crippen molar-refractivity contribution in [1.29, 1.82) is 0 Å². The third-order valence-corrected chi connectivity index (χ3v) is 4.98. The molecule has 0 aliphatic heterocycles. The van der Waals surface area contributed by atoms with Gasteiger partial charge in [0.15, 0.2) is 5.78 Å². The van der Waals surface area contributed by atoms with E-state index >= 15 is 0 Å². The largest absolute Gasteiger partial charge is 0.390 e. The normalized spacial score (nSPS) is 13.2. The van der Waals surface area contributed by atoms with E-state index in [1.54, 1.807) is 18.1 Å². The number of fused-ring (bicyclic) bond motifs is 1. The topological polar surface area (TPSA) is 94.6 Å². The Balaban J connectivity index is 1.68. The van der Waals surface area contributed by atoms with Gasteiger partial charge in [0.2, 0.25) is 5.91 Å². The van der Waals surface area contributed by atoms with Crippen molar-refractivity contribution in [2.24, 2.45) is 0 Å². The zero-order valence-electron chi connectivity index (χ0n) is 17.8. The number of hydrogen-bond acceptors (Lipinski definition) is 6. The van der Waals surface area contributed by atoms with E-state index in [4.69, 9.17) is 0 Å². The van der Waals surface area contributed by atoms with E-state index in [2.05, 4.69) is 15.7 Å². The first kappa shape index (κ1) is 22.6. The lowest BCUT2D eigenvalue weighted by atomic mass is 10.0. The Morgan fingerprint density at radius 2 is 1.74 bits per heavy atom. The highest BCUT2D eigenvalue weighted by atomic mass is 16.3. The molecule has 0 aliphatic rings. The lowest BCUT2D eigenvalue weighted by molar-refractivity contribution is -0.123. The molecule has 2 atom stereocenters. The summed E-state index contributed by atoms with van der Waals surface area (Å²) in [5.74, 6) is -0.356. The molecule has 1 amide bonds. The summed E-state index contributed by atoms with van der Waals surface area (Å²) in [4.78, 5) is 28.5. The Bertz CT molecular complexity index is 1030. The summed E-state index contributed by atoms with van der Waals surface area (Å²) in [5, 5.41) is 16.5. The van der Waals surface area contributed by atoms with Crippen LogP contribution in [0.3, 0.4) is 0 Å². The molecule has 0 saturated heterocycles. The molecular formula is C24H28N4O3. The number of aliphatic hydroxyl groups is 1. The van der Waals surface area contributed by atoms with Gasteiger partial charge in [0, 0.05) is 31.9 Å². The molecule has 0 radical (unpaired) electrons. The van der Waals surface area contributed by atoms with E-state index in [1.807, 2.05) is 60.7 Å². The molecule has 1 heterocycles. The predicted octanol–water partition coefficient (Wildman–Crippen LogP) is 1.96. The monoisotopic (exact) mass is 420 g/mol. The van der Waals surface area contributed by atoms with E-state index in [1.165, 1.54) is 6.92 Å². The van der Waals surface area contributed by atoms with Gasteiger partial charge in [-0.25, -0.2) is 9.99 Å². The Morgan fingerprint density at radius 1 is 1.03 bits per heavy atom. The van der Waals surface area contributed by atoms with Crippen LogP contribution < -0.4 is 10.7 Å².